The Morgan fingerprint density at radius 1 is 1.00 bits per heavy atom. The molecule has 0 amide bonds. The van der Waals surface area contributed by atoms with Gasteiger partial charge in [-0.25, -0.2) is 0 Å². The standard InChI is InChI=1S/C15H15Cl2NS/c1-10(18)15(11-6-8-12(16)9-7-11)19-14-5-3-2-4-13(14)17/h2-10,15H,18H2,1H3. The Hall–Kier alpha value is -0.670. The molecule has 2 rings (SSSR count). The zero-order valence-corrected chi connectivity index (χ0v) is 12.8. The molecule has 0 spiro atoms. The Morgan fingerprint density at radius 2 is 1.63 bits per heavy atom. The summed E-state index contributed by atoms with van der Waals surface area (Å²) in [6.45, 7) is 2.00. The molecule has 0 aliphatic heterocycles. The van der Waals surface area contributed by atoms with E-state index in [9.17, 15) is 0 Å². The van der Waals surface area contributed by atoms with Crippen LogP contribution in [0, 0.1) is 0 Å². The predicted octanol–water partition coefficient (Wildman–Crippen LogP) is 5.17. The van der Waals surface area contributed by atoms with Crippen molar-refractivity contribution in [1.29, 1.82) is 0 Å². The molecule has 4 heteroatoms. The van der Waals surface area contributed by atoms with Gasteiger partial charge in [-0.05, 0) is 36.8 Å². The number of halogens is 2. The molecule has 0 saturated heterocycles. The molecule has 2 unspecified atom stereocenters. The summed E-state index contributed by atoms with van der Waals surface area (Å²) in [5.41, 5.74) is 7.26. The van der Waals surface area contributed by atoms with E-state index >= 15 is 0 Å². The normalized spacial score (nSPS) is 14.1. The van der Waals surface area contributed by atoms with E-state index in [4.69, 9.17) is 28.9 Å². The minimum atomic E-state index is 0.0162. The molecule has 0 heterocycles. The largest absolute Gasteiger partial charge is 0.327 e. The van der Waals surface area contributed by atoms with Crippen molar-refractivity contribution in [3.63, 3.8) is 0 Å². The highest BCUT2D eigenvalue weighted by Crippen LogP contribution is 2.40. The Balaban J connectivity index is 2.26. The average molecular weight is 312 g/mol. The smallest absolute Gasteiger partial charge is 0.0542 e. The van der Waals surface area contributed by atoms with Crippen molar-refractivity contribution in [1.82, 2.24) is 0 Å². The number of hydrogen-bond donors (Lipinski definition) is 1. The number of hydrogen-bond acceptors (Lipinski definition) is 2. The fraction of sp³-hybridized carbons (Fsp3) is 0.200. The Morgan fingerprint density at radius 3 is 2.21 bits per heavy atom. The van der Waals surface area contributed by atoms with Crippen molar-refractivity contribution >= 4 is 35.0 Å². The van der Waals surface area contributed by atoms with Crippen LogP contribution < -0.4 is 5.73 Å². The van der Waals surface area contributed by atoms with Gasteiger partial charge < -0.3 is 5.73 Å². The maximum Gasteiger partial charge on any atom is 0.0542 e. The Kier molecular flexibility index (Phi) is 5.17. The molecule has 19 heavy (non-hydrogen) atoms. The molecule has 0 aromatic heterocycles. The molecule has 0 radical (unpaired) electrons. The molecule has 0 saturated carbocycles. The number of rotatable bonds is 4. The minimum absolute atomic E-state index is 0.0162. The van der Waals surface area contributed by atoms with Crippen molar-refractivity contribution in [2.75, 3.05) is 0 Å². The van der Waals surface area contributed by atoms with Gasteiger partial charge in [0.05, 0.1) is 5.02 Å². The summed E-state index contributed by atoms with van der Waals surface area (Å²) in [7, 11) is 0. The second kappa shape index (κ2) is 6.67. The second-order valence-corrected chi connectivity index (χ2v) is 6.41. The van der Waals surface area contributed by atoms with E-state index < -0.39 is 0 Å². The van der Waals surface area contributed by atoms with Crippen molar-refractivity contribution < 1.29 is 0 Å². The first-order chi connectivity index (χ1) is 9.08. The highest BCUT2D eigenvalue weighted by atomic mass is 35.5. The fourth-order valence-electron chi connectivity index (χ4n) is 1.81. The first-order valence-electron chi connectivity index (χ1n) is 6.00. The van der Waals surface area contributed by atoms with Crippen molar-refractivity contribution in [2.24, 2.45) is 5.73 Å². The first kappa shape index (κ1) is 14.7. The van der Waals surface area contributed by atoms with Crippen LogP contribution in [-0.2, 0) is 0 Å². The molecule has 1 nitrogen and oxygen atoms in total. The van der Waals surface area contributed by atoms with E-state index in [1.54, 1.807) is 11.8 Å². The molecular weight excluding hydrogens is 297 g/mol. The van der Waals surface area contributed by atoms with Crippen molar-refractivity contribution in [2.45, 2.75) is 23.1 Å². The predicted molar refractivity (Wildman–Crippen MR) is 85.2 cm³/mol. The second-order valence-electron chi connectivity index (χ2n) is 4.38. The molecule has 2 aromatic carbocycles. The van der Waals surface area contributed by atoms with Gasteiger partial charge in [0, 0.05) is 21.2 Å². The van der Waals surface area contributed by atoms with Gasteiger partial charge in [0.2, 0.25) is 0 Å². The van der Waals surface area contributed by atoms with Crippen LogP contribution in [0.15, 0.2) is 53.4 Å². The highest BCUT2D eigenvalue weighted by molar-refractivity contribution is 7.99. The summed E-state index contributed by atoms with van der Waals surface area (Å²) in [6.07, 6.45) is 0. The van der Waals surface area contributed by atoms with Crippen LogP contribution in [0.25, 0.3) is 0 Å². The molecule has 2 N–H and O–H groups in total. The zero-order chi connectivity index (χ0) is 13.8. The topological polar surface area (TPSA) is 26.0 Å². The molecule has 2 aromatic rings. The van der Waals surface area contributed by atoms with E-state index in [1.807, 2.05) is 55.5 Å². The van der Waals surface area contributed by atoms with Crippen LogP contribution in [0.2, 0.25) is 10.0 Å². The van der Waals surface area contributed by atoms with Crippen LogP contribution in [0.4, 0.5) is 0 Å². The van der Waals surface area contributed by atoms with Crippen LogP contribution in [0.3, 0.4) is 0 Å². The quantitative estimate of drug-likeness (QED) is 0.788. The van der Waals surface area contributed by atoms with E-state index in [0.717, 1.165) is 20.5 Å². The molecular formula is C15H15Cl2NS. The van der Waals surface area contributed by atoms with Gasteiger partial charge >= 0.3 is 0 Å². The lowest BCUT2D eigenvalue weighted by atomic mass is 10.1. The van der Waals surface area contributed by atoms with Gasteiger partial charge in [-0.3, -0.25) is 0 Å². The third-order valence-electron chi connectivity index (χ3n) is 2.77. The lowest BCUT2D eigenvalue weighted by Crippen LogP contribution is -2.22. The first-order valence-corrected chi connectivity index (χ1v) is 7.63. The molecule has 0 fully saturated rings. The Bertz CT molecular complexity index is 540. The van der Waals surface area contributed by atoms with Gasteiger partial charge in [-0.15, -0.1) is 11.8 Å². The molecule has 0 aliphatic carbocycles. The maximum atomic E-state index is 6.20. The van der Waals surface area contributed by atoms with E-state index in [0.29, 0.717) is 0 Å². The summed E-state index contributed by atoms with van der Waals surface area (Å²) in [4.78, 5) is 1.04. The summed E-state index contributed by atoms with van der Waals surface area (Å²) in [6, 6.07) is 15.6. The summed E-state index contributed by atoms with van der Waals surface area (Å²) in [5, 5.41) is 1.64. The van der Waals surface area contributed by atoms with Gasteiger partial charge in [0.25, 0.3) is 0 Å². The number of nitrogens with two attached hydrogens (primary N) is 1. The molecule has 0 aliphatic rings. The average Bonchev–Trinajstić information content (AvgIpc) is 2.39. The highest BCUT2D eigenvalue weighted by Gasteiger charge is 2.18. The molecule has 0 bridgehead atoms. The lowest BCUT2D eigenvalue weighted by molar-refractivity contribution is 0.721. The van der Waals surface area contributed by atoms with Gasteiger partial charge in [-0.1, -0.05) is 47.5 Å². The summed E-state index contributed by atoms with van der Waals surface area (Å²) in [5.74, 6) is 0. The lowest BCUT2D eigenvalue weighted by Gasteiger charge is -2.21. The van der Waals surface area contributed by atoms with Crippen LogP contribution in [0.1, 0.15) is 17.7 Å². The van der Waals surface area contributed by atoms with Crippen LogP contribution in [-0.4, -0.2) is 6.04 Å². The number of thioether (sulfide) groups is 1. The molecule has 100 valence electrons. The van der Waals surface area contributed by atoms with Gasteiger partial charge in [0.1, 0.15) is 0 Å². The third kappa shape index (κ3) is 3.90. The van der Waals surface area contributed by atoms with Crippen molar-refractivity contribution in [3.8, 4) is 0 Å². The molecule has 2 atom stereocenters. The third-order valence-corrected chi connectivity index (χ3v) is 5.03. The van der Waals surface area contributed by atoms with Crippen LogP contribution >= 0.6 is 35.0 Å². The van der Waals surface area contributed by atoms with Crippen LogP contribution in [0.5, 0.6) is 0 Å². The maximum absolute atomic E-state index is 6.20. The van der Waals surface area contributed by atoms with E-state index in [1.165, 1.54) is 0 Å². The zero-order valence-electron chi connectivity index (χ0n) is 10.5. The number of benzene rings is 2. The minimum Gasteiger partial charge on any atom is -0.327 e. The van der Waals surface area contributed by atoms with E-state index in [2.05, 4.69) is 0 Å². The monoisotopic (exact) mass is 311 g/mol. The summed E-state index contributed by atoms with van der Waals surface area (Å²) >= 11 is 13.8. The van der Waals surface area contributed by atoms with Gasteiger partial charge in [0.15, 0.2) is 0 Å². The SMILES string of the molecule is CC(N)C(Sc1ccccc1Cl)c1ccc(Cl)cc1. The van der Waals surface area contributed by atoms with Crippen molar-refractivity contribution in [3.05, 3.63) is 64.1 Å². The van der Waals surface area contributed by atoms with E-state index in [-0.39, 0.29) is 11.3 Å². The fourth-order valence-corrected chi connectivity index (χ4v) is 3.32. The summed E-state index contributed by atoms with van der Waals surface area (Å²) < 4.78 is 0. The van der Waals surface area contributed by atoms with Gasteiger partial charge in [-0.2, -0.15) is 0 Å². The Labute approximate surface area is 128 Å².